The molecule has 0 bridgehead atoms. The SMILES string of the molecule is CC1(C)CC[C@@]2(C(=O)O[C@@H]3O[C@H](CO)[C@@H](O)[C@H](O)[C@H]3O)C(C1)C1=CCC3[C@@]4(C)CC[C@@H](O[C@@H]5O[C@H](CO)[C@@H](O[C@@H]6O[C@H](CO)[C@@H](O)[C@H](O)[C@H]6O)[C@H](O)[C@H]5O)C(C)(C)C4CC[C@@]3(C)[C@]1(C)C[C@H]2O. The Labute approximate surface area is 392 Å². The van der Waals surface area contributed by atoms with E-state index < -0.39 is 152 Å². The van der Waals surface area contributed by atoms with Gasteiger partial charge in [0.1, 0.15) is 78.7 Å². The highest BCUT2D eigenvalue weighted by molar-refractivity contribution is 5.80. The summed E-state index contributed by atoms with van der Waals surface area (Å²) in [5, 5.41) is 128. The molecule has 5 aliphatic carbocycles. The van der Waals surface area contributed by atoms with Crippen molar-refractivity contribution in [2.75, 3.05) is 19.8 Å². The van der Waals surface area contributed by atoms with Gasteiger partial charge in [-0.25, -0.2) is 0 Å². The van der Waals surface area contributed by atoms with E-state index in [4.69, 9.17) is 28.4 Å². The van der Waals surface area contributed by atoms with Crippen molar-refractivity contribution in [1.29, 1.82) is 0 Å². The highest BCUT2D eigenvalue weighted by Crippen LogP contribution is 2.76. The van der Waals surface area contributed by atoms with Crippen molar-refractivity contribution in [2.45, 2.75) is 211 Å². The lowest BCUT2D eigenvalue weighted by Gasteiger charge is -2.71. The van der Waals surface area contributed by atoms with Gasteiger partial charge >= 0.3 is 5.97 Å². The maximum atomic E-state index is 14.7. The highest BCUT2D eigenvalue weighted by Gasteiger charge is 2.72. The number of aliphatic hydroxyl groups excluding tert-OH is 12. The van der Waals surface area contributed by atoms with Crippen LogP contribution in [0.25, 0.3) is 0 Å². The molecule has 7 fully saturated rings. The van der Waals surface area contributed by atoms with Crippen LogP contribution < -0.4 is 0 Å². The number of esters is 1. The molecule has 0 aromatic carbocycles. The molecule has 19 nitrogen and oxygen atoms in total. The van der Waals surface area contributed by atoms with E-state index in [9.17, 15) is 66.1 Å². The van der Waals surface area contributed by atoms with E-state index in [1.807, 2.05) is 0 Å². The second kappa shape index (κ2) is 18.2. The van der Waals surface area contributed by atoms with Crippen molar-refractivity contribution < 1.29 is 94.5 Å². The number of allylic oxidation sites excluding steroid dienone is 2. The zero-order valence-electron chi connectivity index (χ0n) is 39.8. The first-order chi connectivity index (χ1) is 31.3. The fourth-order valence-corrected chi connectivity index (χ4v) is 15.1. The molecule has 8 rings (SSSR count). The van der Waals surface area contributed by atoms with Gasteiger partial charge in [-0.3, -0.25) is 4.79 Å². The minimum absolute atomic E-state index is 0.117. The summed E-state index contributed by atoms with van der Waals surface area (Å²) in [6.45, 7) is 13.5. The van der Waals surface area contributed by atoms with Gasteiger partial charge in [0.15, 0.2) is 12.6 Å². The van der Waals surface area contributed by atoms with Crippen molar-refractivity contribution in [2.24, 2.45) is 50.2 Å². The number of hydrogen-bond donors (Lipinski definition) is 12. The number of ether oxygens (including phenoxy) is 6. The Morgan fingerprint density at radius 1 is 0.612 bits per heavy atom. The summed E-state index contributed by atoms with van der Waals surface area (Å²) in [4.78, 5) is 14.7. The van der Waals surface area contributed by atoms with E-state index in [0.717, 1.165) is 31.3 Å². The third-order valence-electron chi connectivity index (χ3n) is 19.3. The molecule has 8 aliphatic rings. The predicted molar refractivity (Wildman–Crippen MR) is 232 cm³/mol. The Balaban J connectivity index is 1.01. The lowest BCUT2D eigenvalue weighted by Crippen LogP contribution is -2.68. The van der Waals surface area contributed by atoms with Crippen LogP contribution in [-0.2, 0) is 33.2 Å². The van der Waals surface area contributed by atoms with Crippen molar-refractivity contribution in [3.05, 3.63) is 11.6 Å². The van der Waals surface area contributed by atoms with Gasteiger partial charge in [0.05, 0.1) is 32.0 Å². The average molecular weight is 959 g/mol. The largest absolute Gasteiger partial charge is 0.432 e. The Morgan fingerprint density at radius 3 is 1.78 bits per heavy atom. The molecule has 0 amide bonds. The lowest BCUT2D eigenvalue weighted by molar-refractivity contribution is -0.368. The van der Waals surface area contributed by atoms with Gasteiger partial charge in [0.2, 0.25) is 6.29 Å². The van der Waals surface area contributed by atoms with Crippen molar-refractivity contribution in [3.63, 3.8) is 0 Å². The maximum absolute atomic E-state index is 14.7. The van der Waals surface area contributed by atoms with Crippen molar-refractivity contribution in [1.82, 2.24) is 0 Å². The summed E-state index contributed by atoms with van der Waals surface area (Å²) in [7, 11) is 0. The van der Waals surface area contributed by atoms with Crippen LogP contribution in [0, 0.1) is 50.2 Å². The molecule has 12 N–H and O–H groups in total. The number of fused-ring (bicyclic) bond motifs is 7. The first-order valence-electron chi connectivity index (χ1n) is 24.4. The second-order valence-electron chi connectivity index (χ2n) is 23.6. The van der Waals surface area contributed by atoms with Gasteiger partial charge in [-0.2, -0.15) is 0 Å². The van der Waals surface area contributed by atoms with Gasteiger partial charge in [-0.1, -0.05) is 60.1 Å². The smallest absolute Gasteiger partial charge is 0.317 e. The molecule has 3 heterocycles. The number of rotatable bonds is 9. The summed E-state index contributed by atoms with van der Waals surface area (Å²) < 4.78 is 35.5. The van der Waals surface area contributed by atoms with Crippen molar-refractivity contribution >= 4 is 5.97 Å². The summed E-state index contributed by atoms with van der Waals surface area (Å²) in [6, 6.07) is 0. The second-order valence-corrected chi connectivity index (χ2v) is 23.6. The quantitative estimate of drug-likeness (QED) is 0.0758. The number of carbonyl (C=O) groups is 1. The van der Waals surface area contributed by atoms with Crippen LogP contribution in [-0.4, -0.2) is 191 Å². The van der Waals surface area contributed by atoms with Crippen LogP contribution in [0.2, 0.25) is 0 Å². The number of hydrogen-bond acceptors (Lipinski definition) is 19. The first kappa shape index (κ1) is 51.9. The fraction of sp³-hybridized carbons (Fsp3) is 0.938. The molecule has 0 spiro atoms. The number of aliphatic hydroxyl groups is 12. The summed E-state index contributed by atoms with van der Waals surface area (Å²) in [5.74, 6) is -0.875. The third-order valence-corrected chi connectivity index (χ3v) is 19.3. The number of carbonyl (C=O) groups excluding carboxylic acids is 1. The predicted octanol–water partition coefficient (Wildman–Crippen LogP) is -0.889. The Bertz CT molecular complexity index is 1830. The van der Waals surface area contributed by atoms with E-state index >= 15 is 0 Å². The lowest BCUT2D eigenvalue weighted by atomic mass is 9.33. The molecule has 0 aromatic rings. The molecule has 24 atom stereocenters. The standard InChI is InChI=1S/C48H78O19/c1-43(2)14-15-48(42(61)67-41-36(59)33(56)31(54)24(19-50)63-41)22(16-43)21-8-9-27-45(5)12-11-29(44(3,4)26(45)10-13-46(27,6)47(21,7)17-28(48)52)65-39-37(60)34(57)38(25(20-51)64-39)66-40-35(58)32(55)30(53)23(18-49)62-40/h8,22-41,49-60H,9-20H2,1-7H3/t22?,23-,24-,25-,26?,27?,28-,29-,30-,31-,32+,33+,34-,35-,36-,37-,38-,39+,40+,41+,45+,46-,47-,48-/m1/s1. The minimum atomic E-state index is -1.79. The van der Waals surface area contributed by atoms with Gasteiger partial charge in [-0.15, -0.1) is 0 Å². The third kappa shape index (κ3) is 8.01. The topological polar surface area (TPSA) is 315 Å². The Hall–Kier alpha value is -1.47. The molecule has 3 aliphatic heterocycles. The van der Waals surface area contributed by atoms with E-state index in [1.54, 1.807) is 0 Å². The van der Waals surface area contributed by atoms with Gasteiger partial charge in [-0.05, 0) is 103 Å². The van der Waals surface area contributed by atoms with E-state index in [1.165, 1.54) is 0 Å². The molecule has 384 valence electrons. The molecule has 4 saturated carbocycles. The van der Waals surface area contributed by atoms with Crippen LogP contribution in [0.5, 0.6) is 0 Å². The molecule has 3 saturated heterocycles. The van der Waals surface area contributed by atoms with Crippen LogP contribution >= 0.6 is 0 Å². The molecule has 0 aromatic heterocycles. The zero-order chi connectivity index (χ0) is 49.1. The normalized spacial score (nSPS) is 53.8. The Kier molecular flexibility index (Phi) is 14.1. The molecule has 19 heteroatoms. The minimum Gasteiger partial charge on any atom is -0.432 e. The fourth-order valence-electron chi connectivity index (χ4n) is 15.1. The van der Waals surface area contributed by atoms with Gasteiger partial charge in [0.25, 0.3) is 0 Å². The van der Waals surface area contributed by atoms with E-state index in [-0.39, 0.29) is 34.5 Å². The molecular weight excluding hydrogens is 881 g/mol. The average Bonchev–Trinajstić information content (AvgIpc) is 3.27. The van der Waals surface area contributed by atoms with Crippen LogP contribution in [0.3, 0.4) is 0 Å². The summed E-state index contributed by atoms with van der Waals surface area (Å²) in [5.41, 5.74) is -1.99. The van der Waals surface area contributed by atoms with E-state index in [0.29, 0.717) is 25.7 Å². The summed E-state index contributed by atoms with van der Waals surface area (Å²) in [6.07, 6.45) is -17.4. The highest BCUT2D eigenvalue weighted by atomic mass is 16.7. The Morgan fingerprint density at radius 2 is 1.16 bits per heavy atom. The first-order valence-corrected chi connectivity index (χ1v) is 24.4. The van der Waals surface area contributed by atoms with Crippen molar-refractivity contribution in [3.8, 4) is 0 Å². The maximum Gasteiger partial charge on any atom is 0.317 e. The van der Waals surface area contributed by atoms with Gasteiger partial charge in [0, 0.05) is 0 Å². The molecular formula is C48H78O19. The summed E-state index contributed by atoms with van der Waals surface area (Å²) >= 11 is 0. The van der Waals surface area contributed by atoms with Crippen LogP contribution in [0.1, 0.15) is 106 Å². The van der Waals surface area contributed by atoms with Gasteiger partial charge < -0.3 is 89.7 Å². The zero-order valence-corrected chi connectivity index (χ0v) is 39.8. The molecule has 0 radical (unpaired) electrons. The van der Waals surface area contributed by atoms with E-state index in [2.05, 4.69) is 54.5 Å². The van der Waals surface area contributed by atoms with Crippen LogP contribution in [0.4, 0.5) is 0 Å². The van der Waals surface area contributed by atoms with Crippen LogP contribution in [0.15, 0.2) is 11.6 Å². The molecule has 3 unspecified atom stereocenters. The monoisotopic (exact) mass is 959 g/mol. The molecule has 67 heavy (non-hydrogen) atoms.